The van der Waals surface area contributed by atoms with Crippen molar-refractivity contribution in [2.24, 2.45) is 0 Å². The van der Waals surface area contributed by atoms with Gasteiger partial charge in [-0.1, -0.05) is 11.6 Å². The second-order valence-corrected chi connectivity index (χ2v) is 4.81. The van der Waals surface area contributed by atoms with Crippen molar-refractivity contribution >= 4 is 33.3 Å². The van der Waals surface area contributed by atoms with Crippen LogP contribution in [0.4, 0.5) is 5.82 Å². The number of aryl methyl sites for hydroxylation is 1. The van der Waals surface area contributed by atoms with E-state index < -0.39 is 0 Å². The number of halogens is 2. The Kier molecular flexibility index (Phi) is 3.69. The Balaban J connectivity index is 2.23. The fourth-order valence-electron chi connectivity index (χ4n) is 1.51. The number of hydrogen-bond donors (Lipinski definition) is 0. The summed E-state index contributed by atoms with van der Waals surface area (Å²) in [6.07, 6.45) is 3.13. The molecule has 0 saturated carbocycles. The largest absolute Gasteiger partial charge is 0.469 e. The molecule has 2 aromatic rings. The zero-order valence-corrected chi connectivity index (χ0v) is 11.8. The van der Waals surface area contributed by atoms with Crippen LogP contribution in [0.3, 0.4) is 0 Å². The summed E-state index contributed by atoms with van der Waals surface area (Å²) in [7, 11) is 1.94. The summed E-state index contributed by atoms with van der Waals surface area (Å²) < 4.78 is 5.96. The van der Waals surface area contributed by atoms with E-state index >= 15 is 0 Å². The maximum absolute atomic E-state index is 5.93. The zero-order chi connectivity index (χ0) is 12.4. The lowest BCUT2D eigenvalue weighted by Gasteiger charge is -2.19. The van der Waals surface area contributed by atoms with Crippen molar-refractivity contribution in [1.82, 2.24) is 9.97 Å². The van der Waals surface area contributed by atoms with E-state index in [2.05, 4.69) is 25.9 Å². The molecule has 0 aliphatic rings. The average molecular weight is 317 g/mol. The molecule has 2 aromatic heterocycles. The van der Waals surface area contributed by atoms with E-state index in [9.17, 15) is 0 Å². The number of furan rings is 1. The highest BCUT2D eigenvalue weighted by molar-refractivity contribution is 9.10. The number of nitrogens with zero attached hydrogens (tertiary/aromatic N) is 3. The van der Waals surface area contributed by atoms with E-state index in [1.807, 2.05) is 24.9 Å². The van der Waals surface area contributed by atoms with Crippen LogP contribution in [0.1, 0.15) is 11.3 Å². The molecule has 0 aliphatic heterocycles. The van der Waals surface area contributed by atoms with Gasteiger partial charge in [-0.15, -0.1) is 0 Å². The van der Waals surface area contributed by atoms with Gasteiger partial charge in [0.1, 0.15) is 23.1 Å². The molecule has 2 rings (SSSR count). The van der Waals surface area contributed by atoms with Crippen molar-refractivity contribution in [1.29, 1.82) is 0 Å². The summed E-state index contributed by atoms with van der Waals surface area (Å²) in [4.78, 5) is 10.1. The van der Waals surface area contributed by atoms with Crippen LogP contribution >= 0.6 is 27.5 Å². The topological polar surface area (TPSA) is 42.2 Å². The van der Waals surface area contributed by atoms with E-state index in [4.69, 9.17) is 16.0 Å². The van der Waals surface area contributed by atoms with Crippen molar-refractivity contribution in [2.45, 2.75) is 13.5 Å². The average Bonchev–Trinajstić information content (AvgIpc) is 2.68. The highest BCUT2D eigenvalue weighted by Gasteiger charge is 2.13. The van der Waals surface area contributed by atoms with Gasteiger partial charge in [-0.2, -0.15) is 0 Å². The van der Waals surface area contributed by atoms with Crippen LogP contribution in [0.2, 0.25) is 5.15 Å². The van der Waals surface area contributed by atoms with Crippen molar-refractivity contribution in [2.75, 3.05) is 11.9 Å². The minimum Gasteiger partial charge on any atom is -0.469 e. The maximum Gasteiger partial charge on any atom is 0.148 e. The van der Waals surface area contributed by atoms with E-state index in [-0.39, 0.29) is 0 Å². The lowest BCUT2D eigenvalue weighted by Crippen LogP contribution is -2.18. The predicted octanol–water partition coefficient (Wildman–Crippen LogP) is 3.43. The Labute approximate surface area is 113 Å². The van der Waals surface area contributed by atoms with E-state index in [0.29, 0.717) is 16.2 Å². The van der Waals surface area contributed by atoms with Crippen LogP contribution in [0, 0.1) is 6.92 Å². The van der Waals surface area contributed by atoms with E-state index in [1.54, 1.807) is 6.26 Å². The second kappa shape index (κ2) is 5.06. The molecule has 0 N–H and O–H groups in total. The quantitative estimate of drug-likeness (QED) is 0.814. The van der Waals surface area contributed by atoms with Crippen molar-refractivity contribution in [3.8, 4) is 0 Å². The van der Waals surface area contributed by atoms with Gasteiger partial charge in [-0.25, -0.2) is 9.97 Å². The molecule has 90 valence electrons. The van der Waals surface area contributed by atoms with Crippen LogP contribution in [0.25, 0.3) is 0 Å². The Hall–Kier alpha value is -1.07. The van der Waals surface area contributed by atoms with Gasteiger partial charge in [0.2, 0.25) is 0 Å². The molecule has 0 fully saturated rings. The molecule has 0 saturated heterocycles. The normalized spacial score (nSPS) is 10.6. The van der Waals surface area contributed by atoms with Crippen LogP contribution in [-0.4, -0.2) is 17.0 Å². The molecule has 0 spiro atoms. The fraction of sp³-hybridized carbons (Fsp3) is 0.273. The third kappa shape index (κ3) is 2.61. The summed E-state index contributed by atoms with van der Waals surface area (Å²) in [6.45, 7) is 2.64. The van der Waals surface area contributed by atoms with Gasteiger partial charge in [0.25, 0.3) is 0 Å². The molecule has 0 aliphatic carbocycles. The molecule has 17 heavy (non-hydrogen) atoms. The Morgan fingerprint density at radius 2 is 2.24 bits per heavy atom. The van der Waals surface area contributed by atoms with Crippen molar-refractivity contribution in [3.05, 3.63) is 39.6 Å². The minimum atomic E-state index is 0.408. The van der Waals surface area contributed by atoms with Crippen molar-refractivity contribution in [3.63, 3.8) is 0 Å². The molecule has 0 radical (unpaired) electrons. The van der Waals surface area contributed by atoms with E-state index in [0.717, 1.165) is 17.1 Å². The molecular weight excluding hydrogens is 305 g/mol. The molecule has 0 aromatic carbocycles. The van der Waals surface area contributed by atoms with Gasteiger partial charge in [-0.05, 0) is 28.9 Å². The SMILES string of the molecule is Cc1occc1CN(C)c1ncnc(Cl)c1Br. The zero-order valence-electron chi connectivity index (χ0n) is 9.44. The highest BCUT2D eigenvalue weighted by Crippen LogP contribution is 2.29. The Bertz CT molecular complexity index is 529. The predicted molar refractivity (Wildman–Crippen MR) is 70.3 cm³/mol. The lowest BCUT2D eigenvalue weighted by molar-refractivity contribution is 0.529. The third-order valence-corrected chi connectivity index (χ3v) is 3.71. The molecule has 4 nitrogen and oxygen atoms in total. The first-order valence-electron chi connectivity index (χ1n) is 4.99. The molecule has 0 bridgehead atoms. The minimum absolute atomic E-state index is 0.408. The first-order valence-corrected chi connectivity index (χ1v) is 6.16. The summed E-state index contributed by atoms with van der Waals surface area (Å²) in [6, 6.07) is 1.95. The van der Waals surface area contributed by atoms with Crippen LogP contribution < -0.4 is 4.90 Å². The van der Waals surface area contributed by atoms with Crippen LogP contribution in [0.5, 0.6) is 0 Å². The van der Waals surface area contributed by atoms with E-state index in [1.165, 1.54) is 6.33 Å². The third-order valence-electron chi connectivity index (χ3n) is 2.46. The molecule has 0 unspecified atom stereocenters. The molecule has 2 heterocycles. The molecule has 0 atom stereocenters. The van der Waals surface area contributed by atoms with Crippen LogP contribution in [-0.2, 0) is 6.54 Å². The number of anilines is 1. The summed E-state index contributed by atoms with van der Waals surface area (Å²) in [5.74, 6) is 1.67. The van der Waals surface area contributed by atoms with Gasteiger partial charge < -0.3 is 9.32 Å². The fourth-order valence-corrected chi connectivity index (χ4v) is 2.15. The smallest absolute Gasteiger partial charge is 0.148 e. The molecule has 0 amide bonds. The summed E-state index contributed by atoms with van der Waals surface area (Å²) in [5.41, 5.74) is 1.12. The van der Waals surface area contributed by atoms with Gasteiger partial charge in [0.15, 0.2) is 0 Å². The number of rotatable bonds is 3. The Morgan fingerprint density at radius 3 is 2.88 bits per heavy atom. The number of aromatic nitrogens is 2. The van der Waals surface area contributed by atoms with Crippen molar-refractivity contribution < 1.29 is 4.42 Å². The molecule has 6 heteroatoms. The monoisotopic (exact) mass is 315 g/mol. The van der Waals surface area contributed by atoms with Gasteiger partial charge in [0.05, 0.1) is 10.7 Å². The lowest BCUT2D eigenvalue weighted by atomic mass is 10.2. The maximum atomic E-state index is 5.93. The Morgan fingerprint density at radius 1 is 1.47 bits per heavy atom. The van der Waals surface area contributed by atoms with Crippen LogP contribution in [0.15, 0.2) is 27.5 Å². The second-order valence-electron chi connectivity index (χ2n) is 3.66. The molecular formula is C11H11BrClN3O. The highest BCUT2D eigenvalue weighted by atomic mass is 79.9. The summed E-state index contributed by atoms with van der Waals surface area (Å²) in [5, 5.41) is 0.408. The first-order chi connectivity index (χ1) is 8.09. The number of hydrogen-bond acceptors (Lipinski definition) is 4. The van der Waals surface area contributed by atoms with Gasteiger partial charge >= 0.3 is 0 Å². The summed E-state index contributed by atoms with van der Waals surface area (Å²) >= 11 is 9.31. The van der Waals surface area contributed by atoms with Gasteiger partial charge in [-0.3, -0.25) is 0 Å². The first kappa shape index (κ1) is 12.4. The standard InChI is InChI=1S/C11H11BrClN3O/c1-7-8(3-4-17-7)5-16(2)11-9(12)10(13)14-6-15-11/h3-4,6H,5H2,1-2H3. The van der Waals surface area contributed by atoms with Gasteiger partial charge in [0, 0.05) is 19.2 Å².